The van der Waals surface area contributed by atoms with Gasteiger partial charge in [-0.2, -0.15) is 5.26 Å². The van der Waals surface area contributed by atoms with Gasteiger partial charge < -0.3 is 19.3 Å². The molecule has 0 spiro atoms. The van der Waals surface area contributed by atoms with Crippen LogP contribution in [0, 0.1) is 11.3 Å². The Hall–Kier alpha value is -2.92. The summed E-state index contributed by atoms with van der Waals surface area (Å²) in [6.45, 7) is 1.44. The van der Waals surface area contributed by atoms with Gasteiger partial charge in [0.2, 0.25) is 5.91 Å². The van der Waals surface area contributed by atoms with E-state index in [2.05, 4.69) is 0 Å². The van der Waals surface area contributed by atoms with Crippen LogP contribution in [-0.2, 0) is 19.1 Å². The summed E-state index contributed by atoms with van der Waals surface area (Å²) in [5, 5.41) is 8.82. The molecule has 25 heavy (non-hydrogen) atoms. The Kier molecular flexibility index (Phi) is 6.48. The van der Waals surface area contributed by atoms with E-state index in [0.29, 0.717) is 31.9 Å². The van der Waals surface area contributed by atoms with Crippen LogP contribution in [0.3, 0.4) is 0 Å². The molecule has 2 rings (SSSR count). The maximum Gasteiger partial charge on any atom is 0.338 e. The van der Waals surface area contributed by atoms with Crippen molar-refractivity contribution in [1.29, 1.82) is 5.26 Å². The quantitative estimate of drug-likeness (QED) is 0.698. The number of nitrogens with zero attached hydrogens (tertiary/aromatic N) is 3. The fourth-order valence-corrected chi connectivity index (χ4v) is 2.24. The van der Waals surface area contributed by atoms with E-state index in [1.165, 1.54) is 24.1 Å². The van der Waals surface area contributed by atoms with Crippen LogP contribution in [0.4, 0.5) is 0 Å². The second-order valence-electron chi connectivity index (χ2n) is 5.51. The Labute approximate surface area is 145 Å². The van der Waals surface area contributed by atoms with Gasteiger partial charge in [0.15, 0.2) is 6.61 Å². The molecule has 0 aliphatic carbocycles. The molecule has 0 bridgehead atoms. The zero-order chi connectivity index (χ0) is 18.2. The summed E-state index contributed by atoms with van der Waals surface area (Å²) in [6.07, 6.45) is 0. The molecule has 8 heteroatoms. The maximum atomic E-state index is 12.1. The highest BCUT2D eigenvalue weighted by atomic mass is 16.5. The van der Waals surface area contributed by atoms with Crippen LogP contribution in [0.1, 0.15) is 15.9 Å². The van der Waals surface area contributed by atoms with Gasteiger partial charge in [-0.05, 0) is 18.2 Å². The van der Waals surface area contributed by atoms with Crippen molar-refractivity contribution < 1.29 is 23.9 Å². The predicted molar refractivity (Wildman–Crippen MR) is 86.5 cm³/mol. The molecule has 132 valence electrons. The lowest BCUT2D eigenvalue weighted by molar-refractivity contribution is -0.143. The van der Waals surface area contributed by atoms with Crippen LogP contribution in [0.5, 0.6) is 0 Å². The van der Waals surface area contributed by atoms with Crippen molar-refractivity contribution in [3.63, 3.8) is 0 Å². The zero-order valence-electron chi connectivity index (χ0n) is 13.9. The molecule has 8 nitrogen and oxygen atoms in total. The van der Waals surface area contributed by atoms with E-state index in [-0.39, 0.29) is 18.0 Å². The van der Waals surface area contributed by atoms with E-state index in [4.69, 9.17) is 14.7 Å². The van der Waals surface area contributed by atoms with E-state index < -0.39 is 18.5 Å². The fourth-order valence-electron chi connectivity index (χ4n) is 2.24. The van der Waals surface area contributed by atoms with Crippen LogP contribution in [0.25, 0.3) is 0 Å². The Balaban J connectivity index is 1.81. The van der Waals surface area contributed by atoms with Gasteiger partial charge in [-0.1, -0.05) is 6.07 Å². The molecule has 0 N–H and O–H groups in total. The SMILES string of the molecule is CN(CC(=O)N1CCOCC1)C(=O)COC(=O)c1cccc(C#N)c1. The van der Waals surface area contributed by atoms with Crippen LogP contribution >= 0.6 is 0 Å². The Morgan fingerprint density at radius 3 is 2.72 bits per heavy atom. The smallest absolute Gasteiger partial charge is 0.338 e. The average Bonchev–Trinajstić information content (AvgIpc) is 2.66. The van der Waals surface area contributed by atoms with Crippen LogP contribution < -0.4 is 0 Å². The number of benzene rings is 1. The van der Waals surface area contributed by atoms with E-state index in [1.807, 2.05) is 6.07 Å². The molecule has 1 aliphatic heterocycles. The van der Waals surface area contributed by atoms with E-state index in [1.54, 1.807) is 17.0 Å². The van der Waals surface area contributed by atoms with Gasteiger partial charge in [-0.25, -0.2) is 4.79 Å². The molecule has 0 unspecified atom stereocenters. The summed E-state index contributed by atoms with van der Waals surface area (Å²) in [4.78, 5) is 38.9. The molecular weight excluding hydrogens is 326 g/mol. The molecular formula is C17H19N3O5. The second-order valence-corrected chi connectivity index (χ2v) is 5.51. The molecule has 1 aromatic rings. The monoisotopic (exact) mass is 345 g/mol. The topological polar surface area (TPSA) is 99.9 Å². The summed E-state index contributed by atoms with van der Waals surface area (Å²) in [6, 6.07) is 7.93. The van der Waals surface area contributed by atoms with Gasteiger partial charge in [-0.15, -0.1) is 0 Å². The highest BCUT2D eigenvalue weighted by Gasteiger charge is 2.21. The molecule has 0 saturated carbocycles. The van der Waals surface area contributed by atoms with Gasteiger partial charge in [0.25, 0.3) is 5.91 Å². The molecule has 0 atom stereocenters. The molecule has 0 radical (unpaired) electrons. The highest BCUT2D eigenvalue weighted by Crippen LogP contribution is 2.06. The number of hydrogen-bond donors (Lipinski definition) is 0. The predicted octanol–water partition coefficient (Wildman–Crippen LogP) is 0.0323. The lowest BCUT2D eigenvalue weighted by Crippen LogP contribution is -2.46. The molecule has 0 aromatic heterocycles. The third-order valence-corrected chi connectivity index (χ3v) is 3.72. The number of morpholine rings is 1. The van der Waals surface area contributed by atoms with Crippen molar-refractivity contribution in [3.05, 3.63) is 35.4 Å². The van der Waals surface area contributed by atoms with Gasteiger partial charge >= 0.3 is 5.97 Å². The lowest BCUT2D eigenvalue weighted by Gasteiger charge is -2.28. The van der Waals surface area contributed by atoms with Crippen molar-refractivity contribution in [3.8, 4) is 6.07 Å². The number of ether oxygens (including phenoxy) is 2. The van der Waals surface area contributed by atoms with Crippen LogP contribution in [-0.4, -0.2) is 74.1 Å². The number of rotatable bonds is 5. The van der Waals surface area contributed by atoms with Crippen molar-refractivity contribution in [2.45, 2.75) is 0 Å². The van der Waals surface area contributed by atoms with Gasteiger partial charge in [0.1, 0.15) is 0 Å². The molecule has 1 aromatic carbocycles. The third kappa shape index (κ3) is 5.29. The summed E-state index contributed by atoms with van der Waals surface area (Å²) in [7, 11) is 1.48. The number of amides is 2. The van der Waals surface area contributed by atoms with E-state index in [0.717, 1.165) is 0 Å². The summed E-state index contributed by atoms with van der Waals surface area (Å²) < 4.78 is 10.1. The molecule has 1 aliphatic rings. The summed E-state index contributed by atoms with van der Waals surface area (Å²) in [5.41, 5.74) is 0.521. The molecule has 1 saturated heterocycles. The van der Waals surface area contributed by atoms with Crippen LogP contribution in [0.2, 0.25) is 0 Å². The average molecular weight is 345 g/mol. The Bertz CT molecular complexity index is 692. The first-order chi connectivity index (χ1) is 12.0. The number of nitriles is 1. The first-order valence-corrected chi connectivity index (χ1v) is 7.78. The van der Waals surface area contributed by atoms with Crippen LogP contribution in [0.15, 0.2) is 24.3 Å². The van der Waals surface area contributed by atoms with E-state index in [9.17, 15) is 14.4 Å². The third-order valence-electron chi connectivity index (χ3n) is 3.72. The highest BCUT2D eigenvalue weighted by molar-refractivity contribution is 5.92. The van der Waals surface area contributed by atoms with Crippen molar-refractivity contribution >= 4 is 17.8 Å². The van der Waals surface area contributed by atoms with Gasteiger partial charge in [0.05, 0.1) is 37.0 Å². The Morgan fingerprint density at radius 2 is 2.04 bits per heavy atom. The maximum absolute atomic E-state index is 12.1. The minimum atomic E-state index is -0.696. The van der Waals surface area contributed by atoms with Gasteiger partial charge in [-0.3, -0.25) is 9.59 Å². The normalized spacial score (nSPS) is 13.7. The molecule has 1 fully saturated rings. The lowest BCUT2D eigenvalue weighted by atomic mass is 10.1. The fraction of sp³-hybridized carbons (Fsp3) is 0.412. The van der Waals surface area contributed by atoms with E-state index >= 15 is 0 Å². The summed E-state index contributed by atoms with van der Waals surface area (Å²) in [5.74, 6) is -1.35. The number of hydrogen-bond acceptors (Lipinski definition) is 6. The number of carbonyl (C=O) groups is 3. The number of esters is 1. The largest absolute Gasteiger partial charge is 0.452 e. The van der Waals surface area contributed by atoms with Crippen molar-refractivity contribution in [2.75, 3.05) is 46.5 Å². The Morgan fingerprint density at radius 1 is 1.32 bits per heavy atom. The van der Waals surface area contributed by atoms with Crippen molar-refractivity contribution in [2.24, 2.45) is 0 Å². The standard InChI is InChI=1S/C17H19N3O5/c1-19(11-15(21)20-5-7-24-8-6-20)16(22)12-25-17(23)14-4-2-3-13(9-14)10-18/h2-4,9H,5-8,11-12H2,1H3. The number of carbonyl (C=O) groups excluding carboxylic acids is 3. The van der Waals surface area contributed by atoms with Gasteiger partial charge in [0, 0.05) is 20.1 Å². The molecule has 1 heterocycles. The second kappa shape index (κ2) is 8.80. The zero-order valence-corrected chi connectivity index (χ0v) is 13.9. The minimum absolute atomic E-state index is 0.0830. The molecule has 2 amide bonds. The number of likely N-dealkylation sites (N-methyl/N-ethyl adjacent to an activating group) is 1. The summed E-state index contributed by atoms with van der Waals surface area (Å²) >= 11 is 0. The first-order valence-electron chi connectivity index (χ1n) is 7.78. The first kappa shape index (κ1) is 18.4. The van der Waals surface area contributed by atoms with Crippen molar-refractivity contribution in [1.82, 2.24) is 9.80 Å². The minimum Gasteiger partial charge on any atom is -0.452 e.